The normalized spacial score (nSPS) is 28.5. The summed E-state index contributed by atoms with van der Waals surface area (Å²) in [6, 6.07) is 2.17. The van der Waals surface area contributed by atoms with Crippen molar-refractivity contribution in [2.24, 2.45) is 0 Å². The van der Waals surface area contributed by atoms with E-state index in [2.05, 4.69) is 12.6 Å². The van der Waals surface area contributed by atoms with Crippen LogP contribution in [0.5, 0.6) is 0 Å². The molecule has 0 amide bonds. The van der Waals surface area contributed by atoms with E-state index in [4.69, 9.17) is 10.00 Å². The zero-order valence-electron chi connectivity index (χ0n) is 8.31. The predicted molar refractivity (Wildman–Crippen MR) is 52.2 cm³/mol. The lowest BCUT2D eigenvalue weighted by atomic mass is 9.78. The van der Waals surface area contributed by atoms with Crippen LogP contribution in [0.1, 0.15) is 38.5 Å². The van der Waals surface area contributed by atoms with E-state index in [0.29, 0.717) is 6.42 Å². The molecule has 13 heavy (non-hydrogen) atoms. The molecule has 1 unspecified atom stereocenters. The van der Waals surface area contributed by atoms with Crippen LogP contribution < -0.4 is 0 Å². The van der Waals surface area contributed by atoms with E-state index in [1.807, 2.05) is 0 Å². The van der Waals surface area contributed by atoms with Gasteiger partial charge < -0.3 is 4.74 Å². The Morgan fingerprint density at radius 1 is 1.62 bits per heavy atom. The fourth-order valence-electron chi connectivity index (χ4n) is 2.06. The van der Waals surface area contributed by atoms with Gasteiger partial charge in [0.05, 0.1) is 11.7 Å². The molecule has 0 spiro atoms. The van der Waals surface area contributed by atoms with Crippen molar-refractivity contribution in [2.75, 3.05) is 7.11 Å². The molecule has 2 heteroatoms. The Morgan fingerprint density at radius 3 is 2.92 bits per heavy atom. The minimum absolute atomic E-state index is 0.187. The van der Waals surface area contributed by atoms with E-state index >= 15 is 0 Å². The molecule has 1 atom stereocenters. The van der Waals surface area contributed by atoms with Crippen LogP contribution in [0.15, 0.2) is 12.2 Å². The summed E-state index contributed by atoms with van der Waals surface area (Å²) in [5.74, 6) is 0. The average Bonchev–Trinajstić information content (AvgIpc) is 2.17. The second-order valence-corrected chi connectivity index (χ2v) is 3.67. The number of nitrogens with zero attached hydrogens (tertiary/aromatic N) is 1. The lowest BCUT2D eigenvalue weighted by Crippen LogP contribution is -2.35. The molecule has 72 valence electrons. The molecule has 1 rings (SSSR count). The zero-order chi connectivity index (χ0) is 9.73. The standard InChI is InChI=1S/C11H17NO/c1-10-6-3-4-7-11(10,13-2)8-5-9-12/h1,3-8H2,2H3. The van der Waals surface area contributed by atoms with Gasteiger partial charge in [-0.05, 0) is 37.7 Å². The van der Waals surface area contributed by atoms with Crippen molar-refractivity contribution in [2.45, 2.75) is 44.1 Å². The topological polar surface area (TPSA) is 33.0 Å². The third kappa shape index (κ3) is 2.10. The molecule has 2 nitrogen and oxygen atoms in total. The molecule has 0 bridgehead atoms. The SMILES string of the molecule is C=C1CCCCC1(CCC#N)OC. The van der Waals surface area contributed by atoms with Gasteiger partial charge in [0.15, 0.2) is 0 Å². The van der Waals surface area contributed by atoms with Gasteiger partial charge in [-0.1, -0.05) is 6.58 Å². The van der Waals surface area contributed by atoms with E-state index in [9.17, 15) is 0 Å². The summed E-state index contributed by atoms with van der Waals surface area (Å²) in [6.07, 6.45) is 5.86. The first-order valence-electron chi connectivity index (χ1n) is 4.85. The maximum Gasteiger partial charge on any atom is 0.0894 e. The lowest BCUT2D eigenvalue weighted by molar-refractivity contribution is -0.00389. The summed E-state index contributed by atoms with van der Waals surface area (Å²) in [7, 11) is 1.73. The molecular formula is C11H17NO. The van der Waals surface area contributed by atoms with E-state index in [1.165, 1.54) is 18.4 Å². The third-order valence-electron chi connectivity index (χ3n) is 2.98. The smallest absolute Gasteiger partial charge is 0.0894 e. The Labute approximate surface area is 80.2 Å². The second kappa shape index (κ2) is 4.43. The number of rotatable bonds is 3. The molecule has 1 fully saturated rings. The van der Waals surface area contributed by atoms with Crippen molar-refractivity contribution in [1.29, 1.82) is 5.26 Å². The Bertz CT molecular complexity index is 229. The molecule has 0 aromatic heterocycles. The highest BCUT2D eigenvalue weighted by molar-refractivity contribution is 5.16. The minimum atomic E-state index is -0.187. The van der Waals surface area contributed by atoms with Gasteiger partial charge in [-0.3, -0.25) is 0 Å². The molecule has 0 radical (unpaired) electrons. The molecule has 0 N–H and O–H groups in total. The molecule has 1 aliphatic carbocycles. The highest BCUT2D eigenvalue weighted by atomic mass is 16.5. The first-order chi connectivity index (χ1) is 6.25. The van der Waals surface area contributed by atoms with Crippen LogP contribution in [0.2, 0.25) is 0 Å². The third-order valence-corrected chi connectivity index (χ3v) is 2.98. The molecule has 0 aromatic rings. The van der Waals surface area contributed by atoms with Gasteiger partial charge >= 0.3 is 0 Å². The Kier molecular flexibility index (Phi) is 3.50. The van der Waals surface area contributed by atoms with Crippen LogP contribution >= 0.6 is 0 Å². The minimum Gasteiger partial charge on any atom is -0.374 e. The molecule has 0 aliphatic heterocycles. The molecule has 0 aromatic carbocycles. The monoisotopic (exact) mass is 179 g/mol. The van der Waals surface area contributed by atoms with Crippen LogP contribution in [0.4, 0.5) is 0 Å². The highest BCUT2D eigenvalue weighted by Crippen LogP contribution is 2.38. The van der Waals surface area contributed by atoms with Gasteiger partial charge in [0, 0.05) is 13.5 Å². The average molecular weight is 179 g/mol. The van der Waals surface area contributed by atoms with E-state index in [-0.39, 0.29) is 5.60 Å². The van der Waals surface area contributed by atoms with Gasteiger partial charge in [0.25, 0.3) is 0 Å². The fourth-order valence-corrected chi connectivity index (χ4v) is 2.06. The van der Waals surface area contributed by atoms with Gasteiger partial charge in [0.2, 0.25) is 0 Å². The lowest BCUT2D eigenvalue weighted by Gasteiger charge is -2.37. The van der Waals surface area contributed by atoms with Crippen LogP contribution in [-0.2, 0) is 4.74 Å². The fraction of sp³-hybridized carbons (Fsp3) is 0.727. The molecule has 1 saturated carbocycles. The van der Waals surface area contributed by atoms with Crippen molar-refractivity contribution in [1.82, 2.24) is 0 Å². The van der Waals surface area contributed by atoms with Crippen LogP contribution in [-0.4, -0.2) is 12.7 Å². The van der Waals surface area contributed by atoms with E-state index < -0.39 is 0 Å². The summed E-state index contributed by atoms with van der Waals surface area (Å²) >= 11 is 0. The molecule has 0 heterocycles. The maximum absolute atomic E-state index is 8.56. The van der Waals surface area contributed by atoms with Crippen LogP contribution in [0.25, 0.3) is 0 Å². The second-order valence-electron chi connectivity index (χ2n) is 3.67. The van der Waals surface area contributed by atoms with Crippen molar-refractivity contribution in [3.8, 4) is 6.07 Å². The van der Waals surface area contributed by atoms with Crippen molar-refractivity contribution in [3.05, 3.63) is 12.2 Å². The quantitative estimate of drug-likeness (QED) is 0.624. The summed E-state index contributed by atoms with van der Waals surface area (Å²) in [4.78, 5) is 0. The number of methoxy groups -OCH3 is 1. The Morgan fingerprint density at radius 2 is 2.38 bits per heavy atom. The Balaban J connectivity index is 2.65. The first-order valence-corrected chi connectivity index (χ1v) is 4.85. The van der Waals surface area contributed by atoms with Gasteiger partial charge in [-0.25, -0.2) is 0 Å². The highest BCUT2D eigenvalue weighted by Gasteiger charge is 2.34. The first kappa shape index (κ1) is 10.3. The summed E-state index contributed by atoms with van der Waals surface area (Å²) in [5.41, 5.74) is 0.991. The van der Waals surface area contributed by atoms with Crippen molar-refractivity contribution >= 4 is 0 Å². The summed E-state index contributed by atoms with van der Waals surface area (Å²) < 4.78 is 5.54. The number of nitriles is 1. The number of ether oxygens (including phenoxy) is 1. The molecule has 1 aliphatic rings. The van der Waals surface area contributed by atoms with Crippen molar-refractivity contribution in [3.63, 3.8) is 0 Å². The van der Waals surface area contributed by atoms with E-state index in [1.54, 1.807) is 7.11 Å². The van der Waals surface area contributed by atoms with E-state index in [0.717, 1.165) is 19.3 Å². The Hall–Kier alpha value is -0.810. The van der Waals surface area contributed by atoms with Gasteiger partial charge in [-0.15, -0.1) is 0 Å². The number of hydrogen-bond acceptors (Lipinski definition) is 2. The summed E-state index contributed by atoms with van der Waals surface area (Å²) in [5, 5.41) is 8.56. The summed E-state index contributed by atoms with van der Waals surface area (Å²) in [6.45, 7) is 4.06. The molecule has 0 saturated heterocycles. The van der Waals surface area contributed by atoms with Gasteiger partial charge in [0.1, 0.15) is 0 Å². The largest absolute Gasteiger partial charge is 0.374 e. The van der Waals surface area contributed by atoms with Crippen molar-refractivity contribution < 1.29 is 4.74 Å². The van der Waals surface area contributed by atoms with Crippen LogP contribution in [0, 0.1) is 11.3 Å². The van der Waals surface area contributed by atoms with Crippen LogP contribution in [0.3, 0.4) is 0 Å². The molecular weight excluding hydrogens is 162 g/mol. The predicted octanol–water partition coefficient (Wildman–Crippen LogP) is 2.81. The maximum atomic E-state index is 8.56. The van der Waals surface area contributed by atoms with Gasteiger partial charge in [-0.2, -0.15) is 5.26 Å². The zero-order valence-corrected chi connectivity index (χ0v) is 8.31. The number of hydrogen-bond donors (Lipinski definition) is 0.